The van der Waals surface area contributed by atoms with E-state index >= 15 is 0 Å². The largest absolute Gasteiger partial charge is 0.477 e. The lowest BCUT2D eigenvalue weighted by atomic mass is 10.2. The molecule has 0 saturated carbocycles. The molecule has 0 amide bonds. The Morgan fingerprint density at radius 1 is 1.39 bits per heavy atom. The summed E-state index contributed by atoms with van der Waals surface area (Å²) in [6.45, 7) is 7.06. The van der Waals surface area contributed by atoms with Crippen LogP contribution in [0.5, 0.6) is 5.75 Å². The summed E-state index contributed by atoms with van der Waals surface area (Å²) in [6.07, 6.45) is -0.712. The molecule has 3 nitrogen and oxygen atoms in total. The first-order chi connectivity index (χ1) is 8.19. The van der Waals surface area contributed by atoms with Crippen LogP contribution < -0.4 is 4.74 Å². The second-order valence-corrected chi connectivity index (χ2v) is 6.19. The molecule has 0 aliphatic carbocycles. The molecule has 100 valence electrons. The van der Waals surface area contributed by atoms with Gasteiger partial charge in [0.25, 0.3) is 0 Å². The van der Waals surface area contributed by atoms with Crippen molar-refractivity contribution >= 4 is 33.5 Å². The normalized spacial score (nSPS) is 13.0. The van der Waals surface area contributed by atoms with Gasteiger partial charge in [-0.3, -0.25) is 0 Å². The van der Waals surface area contributed by atoms with Gasteiger partial charge in [0, 0.05) is 4.47 Å². The molecule has 0 bridgehead atoms. The molecular formula is C13H16BrClO3. The van der Waals surface area contributed by atoms with Crippen LogP contribution >= 0.6 is 27.5 Å². The van der Waals surface area contributed by atoms with Crippen molar-refractivity contribution in [3.63, 3.8) is 0 Å². The first-order valence-electron chi connectivity index (χ1n) is 5.53. The molecule has 0 aromatic heterocycles. The number of carbonyl (C=O) groups is 1. The lowest BCUT2D eigenvalue weighted by Gasteiger charge is -2.23. The summed E-state index contributed by atoms with van der Waals surface area (Å²) in [4.78, 5) is 11.8. The summed E-state index contributed by atoms with van der Waals surface area (Å²) < 4.78 is 11.6. The molecule has 1 aromatic rings. The van der Waals surface area contributed by atoms with E-state index < -0.39 is 17.7 Å². The Balaban J connectivity index is 2.72. The lowest BCUT2D eigenvalue weighted by molar-refractivity contribution is -0.162. The molecule has 5 heteroatoms. The molecule has 18 heavy (non-hydrogen) atoms. The van der Waals surface area contributed by atoms with Crippen molar-refractivity contribution in [2.75, 3.05) is 0 Å². The molecule has 0 N–H and O–H groups in total. The van der Waals surface area contributed by atoms with Crippen LogP contribution in [0, 0.1) is 0 Å². The van der Waals surface area contributed by atoms with Gasteiger partial charge in [-0.2, -0.15) is 0 Å². The van der Waals surface area contributed by atoms with Crippen LogP contribution in [0.3, 0.4) is 0 Å². The molecule has 1 unspecified atom stereocenters. The second-order valence-electron chi connectivity index (χ2n) is 4.87. The third-order valence-corrected chi connectivity index (χ3v) is 2.74. The van der Waals surface area contributed by atoms with Crippen LogP contribution in [0.2, 0.25) is 5.02 Å². The van der Waals surface area contributed by atoms with Crippen LogP contribution in [0.1, 0.15) is 27.7 Å². The minimum atomic E-state index is -0.712. The molecule has 0 saturated heterocycles. The Labute approximate surface area is 121 Å². The highest BCUT2D eigenvalue weighted by atomic mass is 79.9. The van der Waals surface area contributed by atoms with E-state index in [4.69, 9.17) is 21.1 Å². The predicted molar refractivity (Wildman–Crippen MR) is 75.1 cm³/mol. The summed E-state index contributed by atoms with van der Waals surface area (Å²) in [7, 11) is 0. The molecule has 0 aliphatic heterocycles. The van der Waals surface area contributed by atoms with Crippen LogP contribution in [-0.4, -0.2) is 17.7 Å². The van der Waals surface area contributed by atoms with E-state index in [-0.39, 0.29) is 0 Å². The third kappa shape index (κ3) is 4.86. The van der Waals surface area contributed by atoms with Crippen molar-refractivity contribution in [1.82, 2.24) is 0 Å². The van der Waals surface area contributed by atoms with Gasteiger partial charge in [0.1, 0.15) is 11.4 Å². The molecule has 1 rings (SSSR count). The maximum absolute atomic E-state index is 11.8. The molecule has 0 heterocycles. The lowest BCUT2D eigenvalue weighted by Crippen LogP contribution is -2.33. The van der Waals surface area contributed by atoms with Crippen LogP contribution in [-0.2, 0) is 9.53 Å². The van der Waals surface area contributed by atoms with Gasteiger partial charge in [0.05, 0.1) is 5.02 Å². The predicted octanol–water partition coefficient (Wildman–Crippen LogP) is 4.21. The fourth-order valence-electron chi connectivity index (χ4n) is 1.19. The summed E-state index contributed by atoms with van der Waals surface area (Å²) in [5.74, 6) is 0.0305. The standard InChI is InChI=1S/C13H16BrClO3/c1-8(12(16)18-13(2,3)4)17-11-7-9(14)5-6-10(11)15/h5-8H,1-4H3. The maximum atomic E-state index is 11.8. The van der Waals surface area contributed by atoms with Crippen molar-refractivity contribution in [3.8, 4) is 5.75 Å². The van der Waals surface area contributed by atoms with Crippen molar-refractivity contribution in [3.05, 3.63) is 27.7 Å². The van der Waals surface area contributed by atoms with Gasteiger partial charge in [-0.1, -0.05) is 27.5 Å². The number of halogens is 2. The van der Waals surface area contributed by atoms with E-state index in [1.807, 2.05) is 20.8 Å². The Morgan fingerprint density at radius 3 is 2.56 bits per heavy atom. The topological polar surface area (TPSA) is 35.5 Å². The quantitative estimate of drug-likeness (QED) is 0.776. The number of ether oxygens (including phenoxy) is 2. The minimum absolute atomic E-state index is 0.418. The molecule has 0 spiro atoms. The smallest absolute Gasteiger partial charge is 0.347 e. The summed E-state index contributed by atoms with van der Waals surface area (Å²) in [5.41, 5.74) is -0.532. The highest BCUT2D eigenvalue weighted by molar-refractivity contribution is 9.10. The number of hydrogen-bond donors (Lipinski definition) is 0. The van der Waals surface area contributed by atoms with Gasteiger partial charge in [0.2, 0.25) is 0 Å². The van der Waals surface area contributed by atoms with E-state index in [1.54, 1.807) is 25.1 Å². The first-order valence-corrected chi connectivity index (χ1v) is 6.71. The highest BCUT2D eigenvalue weighted by Gasteiger charge is 2.23. The molecular weight excluding hydrogens is 319 g/mol. The zero-order chi connectivity index (χ0) is 13.9. The van der Waals surface area contributed by atoms with Crippen LogP contribution in [0.25, 0.3) is 0 Å². The number of esters is 1. The minimum Gasteiger partial charge on any atom is -0.477 e. The Morgan fingerprint density at radius 2 is 2.00 bits per heavy atom. The number of hydrogen-bond acceptors (Lipinski definition) is 3. The van der Waals surface area contributed by atoms with E-state index in [0.29, 0.717) is 10.8 Å². The Hall–Kier alpha value is -0.740. The first kappa shape index (κ1) is 15.3. The van der Waals surface area contributed by atoms with Gasteiger partial charge in [-0.15, -0.1) is 0 Å². The van der Waals surface area contributed by atoms with Crippen molar-refractivity contribution in [1.29, 1.82) is 0 Å². The summed E-state index contributed by atoms with van der Waals surface area (Å²) in [6, 6.07) is 5.21. The Bertz CT molecular complexity index is 440. The monoisotopic (exact) mass is 334 g/mol. The van der Waals surface area contributed by atoms with Gasteiger partial charge in [-0.05, 0) is 45.9 Å². The van der Waals surface area contributed by atoms with E-state index in [2.05, 4.69) is 15.9 Å². The average Bonchev–Trinajstić information content (AvgIpc) is 2.21. The third-order valence-electron chi connectivity index (χ3n) is 1.94. The van der Waals surface area contributed by atoms with E-state index in [0.717, 1.165) is 4.47 Å². The van der Waals surface area contributed by atoms with Gasteiger partial charge in [0.15, 0.2) is 6.10 Å². The zero-order valence-corrected chi connectivity index (χ0v) is 13.1. The molecule has 1 aromatic carbocycles. The summed E-state index contributed by atoms with van der Waals surface area (Å²) >= 11 is 9.30. The van der Waals surface area contributed by atoms with Crippen LogP contribution in [0.15, 0.2) is 22.7 Å². The van der Waals surface area contributed by atoms with E-state index in [9.17, 15) is 4.79 Å². The van der Waals surface area contributed by atoms with Gasteiger partial charge < -0.3 is 9.47 Å². The highest BCUT2D eigenvalue weighted by Crippen LogP contribution is 2.29. The Kier molecular flexibility index (Phi) is 5.05. The molecule has 0 aliphatic rings. The maximum Gasteiger partial charge on any atom is 0.347 e. The molecule has 0 fully saturated rings. The van der Waals surface area contributed by atoms with Gasteiger partial charge in [-0.25, -0.2) is 4.79 Å². The number of benzene rings is 1. The van der Waals surface area contributed by atoms with Crippen molar-refractivity contribution in [2.24, 2.45) is 0 Å². The molecule has 0 radical (unpaired) electrons. The SMILES string of the molecule is CC(Oc1cc(Br)ccc1Cl)C(=O)OC(C)(C)C. The number of carbonyl (C=O) groups excluding carboxylic acids is 1. The second kappa shape index (κ2) is 5.93. The molecule has 1 atom stereocenters. The fraction of sp³-hybridized carbons (Fsp3) is 0.462. The van der Waals surface area contributed by atoms with Crippen LogP contribution in [0.4, 0.5) is 0 Å². The van der Waals surface area contributed by atoms with Crippen molar-refractivity contribution in [2.45, 2.75) is 39.4 Å². The van der Waals surface area contributed by atoms with Crippen molar-refractivity contribution < 1.29 is 14.3 Å². The van der Waals surface area contributed by atoms with Gasteiger partial charge >= 0.3 is 5.97 Å². The number of rotatable bonds is 3. The summed E-state index contributed by atoms with van der Waals surface area (Å²) in [5, 5.41) is 0.452. The average molecular weight is 336 g/mol. The zero-order valence-electron chi connectivity index (χ0n) is 10.8. The fourth-order valence-corrected chi connectivity index (χ4v) is 1.69. The van der Waals surface area contributed by atoms with E-state index in [1.165, 1.54) is 0 Å².